The summed E-state index contributed by atoms with van der Waals surface area (Å²) in [6.45, 7) is 1.98. The van der Waals surface area contributed by atoms with Gasteiger partial charge in [0.15, 0.2) is 11.0 Å². The molecule has 1 N–H and O–H groups in total. The van der Waals surface area contributed by atoms with E-state index in [4.69, 9.17) is 0 Å². The third-order valence-corrected chi connectivity index (χ3v) is 5.62. The molecule has 150 valence electrons. The lowest BCUT2D eigenvalue weighted by Crippen LogP contribution is -2.28. The number of thioether (sulfide) groups is 1. The van der Waals surface area contributed by atoms with Gasteiger partial charge in [-0.3, -0.25) is 9.36 Å². The standard InChI is InChI=1S/C24H22N4OS/c1-18(19-11-5-2-6-12-19)25-22(29)17-30-24-27-26-23(20-13-7-3-8-14-20)28(24)21-15-9-4-10-16-21/h2-16,18H,17H2,1H3,(H,25,29). The molecule has 1 heterocycles. The van der Waals surface area contributed by atoms with Crippen LogP contribution in [0.3, 0.4) is 0 Å². The number of carbonyl (C=O) groups excluding carboxylic acids is 1. The molecule has 4 rings (SSSR count). The Morgan fingerprint density at radius 3 is 2.17 bits per heavy atom. The molecule has 3 aromatic carbocycles. The van der Waals surface area contributed by atoms with Crippen LogP contribution in [-0.4, -0.2) is 26.4 Å². The molecule has 4 aromatic rings. The maximum absolute atomic E-state index is 12.5. The molecule has 1 atom stereocenters. The lowest BCUT2D eigenvalue weighted by molar-refractivity contribution is -0.119. The van der Waals surface area contributed by atoms with Crippen molar-refractivity contribution in [2.45, 2.75) is 18.1 Å². The van der Waals surface area contributed by atoms with E-state index in [1.54, 1.807) is 0 Å². The summed E-state index contributed by atoms with van der Waals surface area (Å²) < 4.78 is 1.99. The molecule has 0 aliphatic heterocycles. The minimum Gasteiger partial charge on any atom is -0.349 e. The number of nitrogens with zero attached hydrogens (tertiary/aromatic N) is 3. The van der Waals surface area contributed by atoms with Crippen LogP contribution in [-0.2, 0) is 4.79 Å². The van der Waals surface area contributed by atoms with E-state index in [1.165, 1.54) is 11.8 Å². The van der Waals surface area contributed by atoms with Gasteiger partial charge in [-0.2, -0.15) is 0 Å². The number of carbonyl (C=O) groups is 1. The van der Waals surface area contributed by atoms with Crippen LogP contribution in [0.4, 0.5) is 0 Å². The molecule has 0 saturated heterocycles. The highest BCUT2D eigenvalue weighted by atomic mass is 32.2. The molecule has 0 spiro atoms. The zero-order valence-electron chi connectivity index (χ0n) is 16.6. The van der Waals surface area contributed by atoms with Gasteiger partial charge in [0.05, 0.1) is 11.8 Å². The zero-order chi connectivity index (χ0) is 20.8. The Bertz CT molecular complexity index is 1100. The highest BCUT2D eigenvalue weighted by molar-refractivity contribution is 7.99. The van der Waals surface area contributed by atoms with Crippen LogP contribution in [0.15, 0.2) is 96.2 Å². The third kappa shape index (κ3) is 4.60. The zero-order valence-corrected chi connectivity index (χ0v) is 17.4. The van der Waals surface area contributed by atoms with Crippen LogP contribution in [0.1, 0.15) is 18.5 Å². The molecule has 0 aliphatic carbocycles. The number of amides is 1. The number of para-hydroxylation sites is 1. The summed E-state index contributed by atoms with van der Waals surface area (Å²) in [5.41, 5.74) is 3.01. The molecule has 0 fully saturated rings. The Kier molecular flexibility index (Phi) is 6.25. The summed E-state index contributed by atoms with van der Waals surface area (Å²) in [5.74, 6) is 0.972. The van der Waals surface area contributed by atoms with Crippen molar-refractivity contribution in [1.29, 1.82) is 0 Å². The average molecular weight is 415 g/mol. The van der Waals surface area contributed by atoms with Crippen molar-refractivity contribution in [2.24, 2.45) is 0 Å². The predicted octanol–water partition coefficient (Wildman–Crippen LogP) is 4.90. The fourth-order valence-electron chi connectivity index (χ4n) is 3.19. The Labute approximate surface area is 180 Å². The molecular formula is C24H22N4OS. The lowest BCUT2D eigenvalue weighted by atomic mass is 10.1. The van der Waals surface area contributed by atoms with Gasteiger partial charge in [0.2, 0.25) is 5.91 Å². The summed E-state index contributed by atoms with van der Waals surface area (Å²) >= 11 is 1.38. The largest absolute Gasteiger partial charge is 0.349 e. The highest BCUT2D eigenvalue weighted by Crippen LogP contribution is 2.27. The monoisotopic (exact) mass is 414 g/mol. The van der Waals surface area contributed by atoms with Gasteiger partial charge in [-0.15, -0.1) is 10.2 Å². The number of benzene rings is 3. The molecule has 1 amide bonds. The van der Waals surface area contributed by atoms with Crippen LogP contribution < -0.4 is 5.32 Å². The van der Waals surface area contributed by atoms with Crippen molar-refractivity contribution < 1.29 is 4.79 Å². The second-order valence-corrected chi connectivity index (χ2v) is 7.77. The van der Waals surface area contributed by atoms with Crippen molar-refractivity contribution in [2.75, 3.05) is 5.75 Å². The lowest BCUT2D eigenvalue weighted by Gasteiger charge is -2.14. The van der Waals surface area contributed by atoms with Gasteiger partial charge in [-0.1, -0.05) is 90.6 Å². The molecule has 0 saturated carbocycles. The fraction of sp³-hybridized carbons (Fsp3) is 0.125. The second kappa shape index (κ2) is 9.41. The van der Waals surface area contributed by atoms with Crippen LogP contribution in [0, 0.1) is 0 Å². The first-order valence-corrected chi connectivity index (χ1v) is 10.7. The quantitative estimate of drug-likeness (QED) is 0.437. The SMILES string of the molecule is CC(NC(=O)CSc1nnc(-c2ccccc2)n1-c1ccccc1)c1ccccc1. The van der Waals surface area contributed by atoms with Gasteiger partial charge >= 0.3 is 0 Å². The first-order chi connectivity index (χ1) is 14.7. The summed E-state index contributed by atoms with van der Waals surface area (Å²) in [6, 6.07) is 29.8. The Morgan fingerprint density at radius 1 is 0.900 bits per heavy atom. The van der Waals surface area contributed by atoms with Gasteiger partial charge < -0.3 is 5.32 Å². The number of hydrogen-bond donors (Lipinski definition) is 1. The van der Waals surface area contributed by atoms with Crippen LogP contribution >= 0.6 is 11.8 Å². The van der Waals surface area contributed by atoms with Gasteiger partial charge in [0.1, 0.15) is 0 Å². The molecule has 30 heavy (non-hydrogen) atoms. The minimum absolute atomic E-state index is 0.0415. The van der Waals surface area contributed by atoms with Gasteiger partial charge in [-0.25, -0.2) is 0 Å². The highest BCUT2D eigenvalue weighted by Gasteiger charge is 2.17. The first kappa shape index (κ1) is 19.9. The van der Waals surface area contributed by atoms with Crippen molar-refractivity contribution in [3.8, 4) is 17.1 Å². The minimum atomic E-state index is -0.0498. The smallest absolute Gasteiger partial charge is 0.230 e. The molecule has 0 radical (unpaired) electrons. The Balaban J connectivity index is 1.53. The molecule has 6 heteroatoms. The third-order valence-electron chi connectivity index (χ3n) is 4.69. The van der Waals surface area contributed by atoms with Crippen LogP contribution in [0.2, 0.25) is 0 Å². The first-order valence-electron chi connectivity index (χ1n) is 9.76. The van der Waals surface area contributed by atoms with E-state index in [9.17, 15) is 4.79 Å². The van der Waals surface area contributed by atoms with Gasteiger partial charge in [-0.05, 0) is 24.6 Å². The normalized spacial score (nSPS) is 11.8. The predicted molar refractivity (Wildman–Crippen MR) is 121 cm³/mol. The van der Waals surface area contributed by atoms with Crippen molar-refractivity contribution in [1.82, 2.24) is 20.1 Å². The van der Waals surface area contributed by atoms with E-state index in [0.717, 1.165) is 22.6 Å². The molecule has 0 aliphatic rings. The second-order valence-electron chi connectivity index (χ2n) is 6.83. The maximum Gasteiger partial charge on any atom is 0.230 e. The number of nitrogens with one attached hydrogen (secondary N) is 1. The summed E-state index contributed by atoms with van der Waals surface area (Å²) in [6.07, 6.45) is 0. The summed E-state index contributed by atoms with van der Waals surface area (Å²) in [4.78, 5) is 12.5. The van der Waals surface area contributed by atoms with Crippen molar-refractivity contribution >= 4 is 17.7 Å². The Hall–Kier alpha value is -3.38. The van der Waals surface area contributed by atoms with Gasteiger partial charge in [0, 0.05) is 11.3 Å². The number of rotatable bonds is 7. The van der Waals surface area contributed by atoms with Crippen molar-refractivity contribution in [3.05, 3.63) is 96.6 Å². The average Bonchev–Trinajstić information content (AvgIpc) is 3.23. The summed E-state index contributed by atoms with van der Waals surface area (Å²) in [7, 11) is 0. The number of hydrogen-bond acceptors (Lipinski definition) is 4. The van der Waals surface area contributed by atoms with E-state index < -0.39 is 0 Å². The number of aromatic nitrogens is 3. The van der Waals surface area contributed by atoms with E-state index >= 15 is 0 Å². The van der Waals surface area contributed by atoms with E-state index in [-0.39, 0.29) is 17.7 Å². The van der Waals surface area contributed by atoms with Gasteiger partial charge in [0.25, 0.3) is 0 Å². The topological polar surface area (TPSA) is 59.8 Å². The Morgan fingerprint density at radius 2 is 1.50 bits per heavy atom. The van der Waals surface area contributed by atoms with E-state index in [0.29, 0.717) is 5.16 Å². The molecule has 1 aromatic heterocycles. The van der Waals surface area contributed by atoms with Crippen LogP contribution in [0.25, 0.3) is 17.1 Å². The fourth-order valence-corrected chi connectivity index (χ4v) is 3.95. The molecule has 5 nitrogen and oxygen atoms in total. The molecular weight excluding hydrogens is 392 g/mol. The van der Waals surface area contributed by atoms with E-state index in [2.05, 4.69) is 15.5 Å². The van der Waals surface area contributed by atoms with Crippen LogP contribution in [0.5, 0.6) is 0 Å². The summed E-state index contributed by atoms with van der Waals surface area (Å²) in [5, 5.41) is 12.5. The molecule has 0 bridgehead atoms. The van der Waals surface area contributed by atoms with E-state index in [1.807, 2.05) is 102 Å². The maximum atomic E-state index is 12.5. The molecule has 1 unspecified atom stereocenters. The van der Waals surface area contributed by atoms with Crippen molar-refractivity contribution in [3.63, 3.8) is 0 Å².